The second kappa shape index (κ2) is 7.58. The molecule has 176 valence electrons. The van der Waals surface area contributed by atoms with Gasteiger partial charge in [-0.2, -0.15) is 0 Å². The van der Waals surface area contributed by atoms with Crippen molar-refractivity contribution in [3.05, 3.63) is 12.2 Å². The van der Waals surface area contributed by atoms with E-state index in [1.165, 1.54) is 32.1 Å². The average molecular weight is 443 g/mol. The van der Waals surface area contributed by atoms with E-state index < -0.39 is 11.0 Å². The molecule has 8 aliphatic rings. The Morgan fingerprint density at radius 3 is 2.06 bits per heavy atom. The lowest BCUT2D eigenvalue weighted by molar-refractivity contribution is -0.216. The van der Waals surface area contributed by atoms with Crippen molar-refractivity contribution in [2.24, 2.45) is 46.8 Å². The first-order valence-electron chi connectivity index (χ1n) is 13.0. The lowest BCUT2D eigenvalue weighted by atomic mass is 9.48. The molecular weight excluding hydrogens is 404 g/mol. The van der Waals surface area contributed by atoms with Gasteiger partial charge in [-0.05, 0) is 113 Å². The SMILES string of the molecule is C=C(C)C(=O)OC12CC3CC(C1)CC(C(=O)OCOCC1C4CC5CC(C4)CC1C5)(C3)C2. The monoisotopic (exact) mass is 442 g/mol. The Morgan fingerprint density at radius 1 is 0.875 bits per heavy atom. The highest BCUT2D eigenvalue weighted by Gasteiger charge is 2.63. The minimum Gasteiger partial charge on any atom is -0.456 e. The van der Waals surface area contributed by atoms with Crippen molar-refractivity contribution in [3.8, 4) is 0 Å². The van der Waals surface area contributed by atoms with Crippen LogP contribution in [0.25, 0.3) is 0 Å². The Hall–Kier alpha value is -1.36. The van der Waals surface area contributed by atoms with Crippen molar-refractivity contribution in [1.82, 2.24) is 0 Å². The topological polar surface area (TPSA) is 61.8 Å². The molecule has 0 aromatic heterocycles. The van der Waals surface area contributed by atoms with Crippen LogP contribution in [0.4, 0.5) is 0 Å². The third-order valence-corrected chi connectivity index (χ3v) is 10.1. The summed E-state index contributed by atoms with van der Waals surface area (Å²) >= 11 is 0. The van der Waals surface area contributed by atoms with Crippen LogP contribution in [0.5, 0.6) is 0 Å². The van der Waals surface area contributed by atoms with E-state index in [-0.39, 0.29) is 18.7 Å². The highest BCUT2D eigenvalue weighted by Crippen LogP contribution is 2.63. The summed E-state index contributed by atoms with van der Waals surface area (Å²) in [5.41, 5.74) is -0.596. The first kappa shape index (κ1) is 21.2. The maximum atomic E-state index is 13.3. The predicted molar refractivity (Wildman–Crippen MR) is 118 cm³/mol. The summed E-state index contributed by atoms with van der Waals surface area (Å²) in [6, 6.07) is 0. The zero-order valence-electron chi connectivity index (χ0n) is 19.5. The minimum absolute atomic E-state index is 0.0667. The maximum absolute atomic E-state index is 13.3. The molecule has 8 aliphatic carbocycles. The molecule has 8 saturated carbocycles. The van der Waals surface area contributed by atoms with Gasteiger partial charge in [-0.15, -0.1) is 0 Å². The molecule has 32 heavy (non-hydrogen) atoms. The van der Waals surface area contributed by atoms with Gasteiger partial charge in [-0.1, -0.05) is 6.58 Å². The standard InChI is InChI=1S/C27H38O5/c1-16(2)24(28)32-27-11-19-4-20(12-27)10-26(9-19,14-27)25(29)31-15-30-13-23-21-5-17-3-18(7-21)8-22(23)6-17/h17-23H,1,3-15H2,2H3. The van der Waals surface area contributed by atoms with Gasteiger partial charge in [-0.3, -0.25) is 4.79 Å². The van der Waals surface area contributed by atoms with Crippen molar-refractivity contribution in [2.75, 3.05) is 13.4 Å². The third kappa shape index (κ3) is 3.54. The Bertz CT molecular complexity index is 773. The molecule has 5 heteroatoms. The van der Waals surface area contributed by atoms with Gasteiger partial charge in [0.05, 0.1) is 12.0 Å². The van der Waals surface area contributed by atoms with Gasteiger partial charge >= 0.3 is 11.9 Å². The van der Waals surface area contributed by atoms with E-state index in [9.17, 15) is 9.59 Å². The molecule has 0 aromatic rings. The van der Waals surface area contributed by atoms with Crippen LogP contribution in [0.3, 0.4) is 0 Å². The second-order valence-corrected chi connectivity index (χ2v) is 12.6. The molecule has 0 heterocycles. The fourth-order valence-corrected chi connectivity index (χ4v) is 9.56. The molecule has 0 radical (unpaired) electrons. The van der Waals surface area contributed by atoms with E-state index >= 15 is 0 Å². The Balaban J connectivity index is 1.05. The van der Waals surface area contributed by atoms with Crippen molar-refractivity contribution in [3.63, 3.8) is 0 Å². The van der Waals surface area contributed by atoms with Crippen LogP contribution >= 0.6 is 0 Å². The van der Waals surface area contributed by atoms with Gasteiger partial charge in [0.15, 0.2) is 6.79 Å². The first-order valence-corrected chi connectivity index (χ1v) is 13.0. The summed E-state index contributed by atoms with van der Waals surface area (Å²) in [5, 5.41) is 0. The zero-order chi connectivity index (χ0) is 22.1. The smallest absolute Gasteiger partial charge is 0.333 e. The van der Waals surface area contributed by atoms with E-state index in [4.69, 9.17) is 14.2 Å². The lowest BCUT2D eigenvalue weighted by Gasteiger charge is -2.59. The number of hydrogen-bond acceptors (Lipinski definition) is 5. The van der Waals surface area contributed by atoms with Crippen LogP contribution in [0, 0.1) is 46.8 Å². The molecule has 0 spiro atoms. The van der Waals surface area contributed by atoms with Gasteiger partial charge in [-0.25, -0.2) is 4.79 Å². The highest BCUT2D eigenvalue weighted by atomic mass is 16.7. The van der Waals surface area contributed by atoms with E-state index in [2.05, 4.69) is 6.58 Å². The van der Waals surface area contributed by atoms with E-state index in [0.717, 1.165) is 62.4 Å². The van der Waals surface area contributed by atoms with Crippen LogP contribution in [-0.4, -0.2) is 30.9 Å². The largest absolute Gasteiger partial charge is 0.456 e. The molecule has 5 nitrogen and oxygen atoms in total. The number of ether oxygens (including phenoxy) is 3. The number of esters is 2. The van der Waals surface area contributed by atoms with E-state index in [1.807, 2.05) is 0 Å². The van der Waals surface area contributed by atoms with Crippen LogP contribution in [0.15, 0.2) is 12.2 Å². The van der Waals surface area contributed by atoms with Gasteiger partial charge in [0, 0.05) is 12.0 Å². The molecule has 8 rings (SSSR count). The minimum atomic E-state index is -0.514. The van der Waals surface area contributed by atoms with Crippen molar-refractivity contribution in [1.29, 1.82) is 0 Å². The van der Waals surface area contributed by atoms with Gasteiger partial charge in [0.25, 0.3) is 0 Å². The quantitative estimate of drug-likeness (QED) is 0.239. The Labute approximate surface area is 191 Å². The molecule has 0 saturated heterocycles. The summed E-state index contributed by atoms with van der Waals surface area (Å²) in [7, 11) is 0. The van der Waals surface area contributed by atoms with Gasteiger partial charge < -0.3 is 14.2 Å². The molecule has 8 bridgehead atoms. The number of rotatable bonds is 7. The highest BCUT2D eigenvalue weighted by molar-refractivity contribution is 5.87. The number of carbonyl (C=O) groups excluding carboxylic acids is 2. The zero-order valence-corrected chi connectivity index (χ0v) is 19.5. The lowest BCUT2D eigenvalue weighted by Crippen LogP contribution is -2.60. The molecule has 2 atom stereocenters. The van der Waals surface area contributed by atoms with Crippen LogP contribution in [0.1, 0.15) is 77.6 Å². The summed E-state index contributed by atoms with van der Waals surface area (Å²) in [5.74, 6) is 4.67. The first-order chi connectivity index (χ1) is 15.3. The van der Waals surface area contributed by atoms with Crippen LogP contribution < -0.4 is 0 Å². The molecule has 0 N–H and O–H groups in total. The van der Waals surface area contributed by atoms with Gasteiger partial charge in [0.1, 0.15) is 5.60 Å². The van der Waals surface area contributed by atoms with Crippen molar-refractivity contribution < 1.29 is 23.8 Å². The summed E-state index contributed by atoms with van der Waals surface area (Å²) < 4.78 is 17.7. The second-order valence-electron chi connectivity index (χ2n) is 12.6. The Kier molecular flexibility index (Phi) is 5.02. The fourth-order valence-electron chi connectivity index (χ4n) is 9.56. The fraction of sp³-hybridized carbons (Fsp3) is 0.852. The van der Waals surface area contributed by atoms with E-state index in [1.54, 1.807) is 6.92 Å². The van der Waals surface area contributed by atoms with E-state index in [0.29, 0.717) is 29.7 Å². The Morgan fingerprint density at radius 2 is 1.47 bits per heavy atom. The number of hydrogen-bond donors (Lipinski definition) is 0. The number of carbonyl (C=O) groups is 2. The summed E-state index contributed by atoms with van der Waals surface area (Å²) in [4.78, 5) is 25.6. The molecule has 0 amide bonds. The third-order valence-electron chi connectivity index (χ3n) is 10.1. The molecule has 2 unspecified atom stereocenters. The summed E-state index contributed by atoms with van der Waals surface area (Å²) in [6.07, 6.45) is 12.2. The molecule has 0 aromatic carbocycles. The predicted octanol–water partition coefficient (Wildman–Crippen LogP) is 5.03. The normalized spacial score (nSPS) is 47.5. The van der Waals surface area contributed by atoms with Crippen molar-refractivity contribution in [2.45, 2.75) is 83.2 Å². The molecule has 8 fully saturated rings. The van der Waals surface area contributed by atoms with Gasteiger partial charge in [0.2, 0.25) is 0 Å². The summed E-state index contributed by atoms with van der Waals surface area (Å²) in [6.45, 7) is 6.23. The van der Waals surface area contributed by atoms with Crippen molar-refractivity contribution >= 4 is 11.9 Å². The van der Waals surface area contributed by atoms with Crippen LogP contribution in [-0.2, 0) is 23.8 Å². The molecule has 0 aliphatic heterocycles. The van der Waals surface area contributed by atoms with Crippen LogP contribution in [0.2, 0.25) is 0 Å². The molecular formula is C27H38O5. The average Bonchev–Trinajstić information content (AvgIpc) is 2.70. The maximum Gasteiger partial charge on any atom is 0.333 e.